The fourth-order valence-electron chi connectivity index (χ4n) is 2.13. The zero-order chi connectivity index (χ0) is 17.1. The van der Waals surface area contributed by atoms with E-state index in [2.05, 4.69) is 5.32 Å². The molecule has 1 amide bonds. The summed E-state index contributed by atoms with van der Waals surface area (Å²) in [6, 6.07) is 9.50. The van der Waals surface area contributed by atoms with Crippen molar-refractivity contribution in [1.29, 1.82) is 0 Å². The molecule has 0 aliphatic rings. The summed E-state index contributed by atoms with van der Waals surface area (Å²) < 4.78 is 24.6. The average molecular weight is 347 g/mol. The molecule has 0 aliphatic heterocycles. The summed E-state index contributed by atoms with van der Waals surface area (Å²) in [5.74, 6) is -0.891. The van der Waals surface area contributed by atoms with Crippen molar-refractivity contribution in [3.63, 3.8) is 0 Å². The van der Waals surface area contributed by atoms with E-state index in [0.29, 0.717) is 15.8 Å². The minimum atomic E-state index is -0.970. The quantitative estimate of drug-likeness (QED) is 0.717. The average Bonchev–Trinajstić information content (AvgIpc) is 3.22. The second-order valence-electron chi connectivity index (χ2n) is 5.11. The van der Waals surface area contributed by atoms with E-state index in [9.17, 15) is 14.0 Å². The van der Waals surface area contributed by atoms with Gasteiger partial charge in [0.15, 0.2) is 6.10 Å². The molecule has 0 aliphatic carbocycles. The normalized spacial score (nSPS) is 12.1. The number of amides is 1. The molecule has 3 aromatic rings. The Bertz CT molecular complexity index is 872. The smallest absolute Gasteiger partial charge is 0.349 e. The molecule has 3 rings (SSSR count). The number of ether oxygens (including phenoxy) is 1. The van der Waals surface area contributed by atoms with Gasteiger partial charge in [-0.05, 0) is 37.3 Å². The molecule has 1 N–H and O–H groups in total. The lowest BCUT2D eigenvalue weighted by Gasteiger charge is -2.12. The SMILES string of the molecule is C[C@@H](OC(=O)c1cc2c(F)cccc2s1)C(=O)NCc1ccco1. The molecule has 2 aromatic heterocycles. The number of fused-ring (bicyclic) bond motifs is 1. The number of esters is 1. The summed E-state index contributed by atoms with van der Waals surface area (Å²) in [4.78, 5) is 24.3. The Morgan fingerprint density at radius 2 is 2.17 bits per heavy atom. The Hall–Kier alpha value is -2.67. The van der Waals surface area contributed by atoms with E-state index in [0.717, 1.165) is 11.3 Å². The summed E-state index contributed by atoms with van der Waals surface area (Å²) in [7, 11) is 0. The molecule has 0 unspecified atom stereocenters. The van der Waals surface area contributed by atoms with Gasteiger partial charge < -0.3 is 14.5 Å². The monoisotopic (exact) mass is 347 g/mol. The Labute approximate surface area is 141 Å². The first-order valence-electron chi connectivity index (χ1n) is 7.23. The van der Waals surface area contributed by atoms with Crippen LogP contribution in [0.3, 0.4) is 0 Å². The molecule has 0 saturated carbocycles. The van der Waals surface area contributed by atoms with Crippen LogP contribution < -0.4 is 5.32 Å². The maximum atomic E-state index is 13.7. The van der Waals surface area contributed by atoms with Gasteiger partial charge in [0.25, 0.3) is 5.91 Å². The van der Waals surface area contributed by atoms with Gasteiger partial charge in [0, 0.05) is 10.1 Å². The first-order chi connectivity index (χ1) is 11.5. The van der Waals surface area contributed by atoms with Crippen molar-refractivity contribution in [2.24, 2.45) is 0 Å². The molecule has 24 heavy (non-hydrogen) atoms. The van der Waals surface area contributed by atoms with Crippen LogP contribution in [-0.4, -0.2) is 18.0 Å². The van der Waals surface area contributed by atoms with Crippen LogP contribution in [0.1, 0.15) is 22.4 Å². The third kappa shape index (κ3) is 3.46. The second-order valence-corrected chi connectivity index (χ2v) is 6.19. The zero-order valence-corrected chi connectivity index (χ0v) is 13.6. The number of hydrogen-bond donors (Lipinski definition) is 1. The van der Waals surface area contributed by atoms with E-state index in [1.165, 1.54) is 25.3 Å². The van der Waals surface area contributed by atoms with Crippen molar-refractivity contribution >= 4 is 33.3 Å². The minimum absolute atomic E-state index is 0.210. The molecule has 124 valence electrons. The maximum Gasteiger partial charge on any atom is 0.349 e. The Morgan fingerprint density at radius 3 is 2.88 bits per heavy atom. The van der Waals surface area contributed by atoms with Crippen LogP contribution in [0.25, 0.3) is 10.1 Å². The van der Waals surface area contributed by atoms with E-state index in [4.69, 9.17) is 9.15 Å². The van der Waals surface area contributed by atoms with Gasteiger partial charge in [-0.1, -0.05) is 6.07 Å². The van der Waals surface area contributed by atoms with Crippen LogP contribution in [0.5, 0.6) is 0 Å². The molecular formula is C17H14FNO4S. The number of benzene rings is 1. The van der Waals surface area contributed by atoms with Gasteiger partial charge in [0.1, 0.15) is 16.5 Å². The fraction of sp³-hybridized carbons (Fsp3) is 0.176. The number of carbonyl (C=O) groups is 2. The summed E-state index contributed by atoms with van der Waals surface area (Å²) in [6.07, 6.45) is 0.536. The molecule has 0 spiro atoms. The van der Waals surface area contributed by atoms with Crippen LogP contribution >= 0.6 is 11.3 Å². The first kappa shape index (κ1) is 16.2. The van der Waals surface area contributed by atoms with Crippen molar-refractivity contribution in [2.75, 3.05) is 0 Å². The number of thiophene rings is 1. The molecule has 2 heterocycles. The summed E-state index contributed by atoms with van der Waals surface area (Å²) in [6.45, 7) is 1.69. The molecule has 0 radical (unpaired) electrons. The van der Waals surface area contributed by atoms with Crippen LogP contribution in [0.4, 0.5) is 4.39 Å². The van der Waals surface area contributed by atoms with Crippen molar-refractivity contribution < 1.29 is 23.1 Å². The van der Waals surface area contributed by atoms with Crippen LogP contribution in [-0.2, 0) is 16.1 Å². The van der Waals surface area contributed by atoms with Gasteiger partial charge >= 0.3 is 5.97 Å². The molecule has 5 nitrogen and oxygen atoms in total. The molecule has 0 bridgehead atoms. The molecular weight excluding hydrogens is 333 g/mol. The molecule has 1 atom stereocenters. The first-order valence-corrected chi connectivity index (χ1v) is 8.05. The molecule has 7 heteroatoms. The standard InChI is InChI=1S/C17H14FNO4S/c1-10(16(20)19-9-11-4-3-7-22-11)23-17(21)15-8-12-13(18)5-2-6-14(12)24-15/h2-8,10H,9H2,1H3,(H,19,20)/t10-/m1/s1. The van der Waals surface area contributed by atoms with E-state index < -0.39 is 23.8 Å². The highest BCUT2D eigenvalue weighted by molar-refractivity contribution is 7.20. The maximum absolute atomic E-state index is 13.7. The summed E-state index contributed by atoms with van der Waals surface area (Å²) in [5.41, 5.74) is 0. The van der Waals surface area contributed by atoms with Gasteiger partial charge in [0.2, 0.25) is 0 Å². The number of hydrogen-bond acceptors (Lipinski definition) is 5. The molecule has 0 fully saturated rings. The number of carbonyl (C=O) groups excluding carboxylic acids is 2. The highest BCUT2D eigenvalue weighted by atomic mass is 32.1. The van der Waals surface area contributed by atoms with E-state index in [1.54, 1.807) is 24.3 Å². The van der Waals surface area contributed by atoms with Gasteiger partial charge in [-0.2, -0.15) is 0 Å². The van der Waals surface area contributed by atoms with Gasteiger partial charge in [-0.15, -0.1) is 11.3 Å². The Morgan fingerprint density at radius 1 is 1.33 bits per heavy atom. The summed E-state index contributed by atoms with van der Waals surface area (Å²) in [5, 5.41) is 2.98. The van der Waals surface area contributed by atoms with Gasteiger partial charge in [-0.3, -0.25) is 4.79 Å². The van der Waals surface area contributed by atoms with Crippen molar-refractivity contribution in [3.8, 4) is 0 Å². The lowest BCUT2D eigenvalue weighted by Crippen LogP contribution is -2.35. The van der Waals surface area contributed by atoms with Crippen LogP contribution in [0.2, 0.25) is 0 Å². The third-order valence-electron chi connectivity index (χ3n) is 3.38. The molecule has 0 saturated heterocycles. The topological polar surface area (TPSA) is 68.5 Å². The zero-order valence-electron chi connectivity index (χ0n) is 12.7. The van der Waals surface area contributed by atoms with Gasteiger partial charge in [0.05, 0.1) is 12.8 Å². The Kier molecular flexibility index (Phi) is 4.61. The largest absolute Gasteiger partial charge is 0.467 e. The lowest BCUT2D eigenvalue weighted by atomic mass is 10.2. The van der Waals surface area contributed by atoms with E-state index in [-0.39, 0.29) is 11.4 Å². The lowest BCUT2D eigenvalue weighted by molar-refractivity contribution is -0.129. The van der Waals surface area contributed by atoms with Crippen molar-refractivity contribution in [3.05, 3.63) is 59.1 Å². The van der Waals surface area contributed by atoms with Crippen molar-refractivity contribution in [1.82, 2.24) is 5.32 Å². The predicted octanol–water partition coefficient (Wildman–Crippen LogP) is 3.50. The van der Waals surface area contributed by atoms with Crippen LogP contribution in [0.15, 0.2) is 47.1 Å². The highest BCUT2D eigenvalue weighted by Gasteiger charge is 2.21. The van der Waals surface area contributed by atoms with Crippen LogP contribution in [0, 0.1) is 5.82 Å². The van der Waals surface area contributed by atoms with Gasteiger partial charge in [-0.25, -0.2) is 9.18 Å². The minimum Gasteiger partial charge on any atom is -0.467 e. The Balaban J connectivity index is 1.62. The number of halogens is 1. The number of nitrogens with one attached hydrogen (secondary N) is 1. The van der Waals surface area contributed by atoms with E-state index >= 15 is 0 Å². The summed E-state index contributed by atoms with van der Waals surface area (Å²) >= 11 is 1.12. The number of furan rings is 1. The van der Waals surface area contributed by atoms with Crippen molar-refractivity contribution in [2.45, 2.75) is 19.6 Å². The second kappa shape index (κ2) is 6.84. The predicted molar refractivity (Wildman–Crippen MR) is 87.2 cm³/mol. The highest BCUT2D eigenvalue weighted by Crippen LogP contribution is 2.28. The fourth-order valence-corrected chi connectivity index (χ4v) is 3.09. The third-order valence-corrected chi connectivity index (χ3v) is 4.46. The van der Waals surface area contributed by atoms with E-state index in [1.807, 2.05) is 0 Å². The molecule has 1 aromatic carbocycles. The number of rotatable bonds is 5.